The van der Waals surface area contributed by atoms with E-state index in [1.54, 1.807) is 10.6 Å². The molecule has 0 aliphatic carbocycles. The first-order chi connectivity index (χ1) is 15.8. The summed E-state index contributed by atoms with van der Waals surface area (Å²) in [4.78, 5) is 40.4. The normalized spacial score (nSPS) is 11.5. The van der Waals surface area contributed by atoms with Crippen molar-refractivity contribution in [3.8, 4) is 5.69 Å². The Balaban J connectivity index is 1.67. The lowest BCUT2D eigenvalue weighted by Gasteiger charge is -2.15. The maximum absolute atomic E-state index is 13.7. The molecule has 2 aromatic carbocycles. The summed E-state index contributed by atoms with van der Waals surface area (Å²) in [6.07, 6.45) is 0. The van der Waals surface area contributed by atoms with Crippen molar-refractivity contribution in [2.24, 2.45) is 0 Å². The second-order valence-electron chi connectivity index (χ2n) is 8.04. The Kier molecular flexibility index (Phi) is 5.42. The Hall–Kier alpha value is -3.23. The van der Waals surface area contributed by atoms with Gasteiger partial charge in [0, 0.05) is 4.88 Å². The van der Waals surface area contributed by atoms with Crippen LogP contribution in [0.1, 0.15) is 27.4 Å². The summed E-state index contributed by atoms with van der Waals surface area (Å²) in [6.45, 7) is 8.04. The number of nitrogens with one attached hydrogen (secondary N) is 1. The fraction of sp³-hybridized carbons (Fsp3) is 0.200. The summed E-state index contributed by atoms with van der Waals surface area (Å²) in [5.41, 5.74) is 4.34. The Morgan fingerprint density at radius 2 is 1.76 bits per heavy atom. The van der Waals surface area contributed by atoms with Crippen LogP contribution in [-0.4, -0.2) is 19.5 Å². The van der Waals surface area contributed by atoms with E-state index in [0.29, 0.717) is 33.0 Å². The molecule has 0 fully saturated rings. The number of fused-ring (bicyclic) bond motifs is 2. The summed E-state index contributed by atoms with van der Waals surface area (Å²) in [5, 5.41) is 1.81. The molecule has 0 saturated carbocycles. The largest absolute Gasteiger partial charge is 0.309 e. The molecule has 0 aliphatic rings. The van der Waals surface area contributed by atoms with Gasteiger partial charge in [0.15, 0.2) is 5.16 Å². The monoisotopic (exact) mass is 474 g/mol. The van der Waals surface area contributed by atoms with Gasteiger partial charge >= 0.3 is 0 Å². The van der Waals surface area contributed by atoms with Crippen LogP contribution < -0.4 is 11.1 Å². The van der Waals surface area contributed by atoms with Gasteiger partial charge in [-0.05, 0) is 62.6 Å². The molecule has 0 aliphatic heterocycles. The third kappa shape index (κ3) is 3.69. The summed E-state index contributed by atoms with van der Waals surface area (Å²) < 4.78 is 1.70. The highest BCUT2D eigenvalue weighted by Crippen LogP contribution is 2.31. The molecule has 0 bridgehead atoms. The van der Waals surface area contributed by atoms with Gasteiger partial charge in [-0.2, -0.15) is 0 Å². The Morgan fingerprint density at radius 3 is 2.58 bits per heavy atom. The van der Waals surface area contributed by atoms with Crippen LogP contribution in [0.25, 0.3) is 26.8 Å². The average molecular weight is 475 g/mol. The Labute approximate surface area is 198 Å². The molecule has 3 aromatic heterocycles. The van der Waals surface area contributed by atoms with E-state index in [1.807, 2.05) is 64.1 Å². The minimum Gasteiger partial charge on any atom is -0.309 e. The van der Waals surface area contributed by atoms with Gasteiger partial charge in [0.05, 0.1) is 27.7 Å². The second kappa shape index (κ2) is 8.28. The third-order valence-electron chi connectivity index (χ3n) is 5.99. The number of rotatable bonds is 4. The fourth-order valence-electron chi connectivity index (χ4n) is 3.90. The number of benzene rings is 2. The number of aryl methyl sites for hydroxylation is 3. The number of H-pyrrole nitrogens is 1. The zero-order chi connectivity index (χ0) is 23.3. The smallest absolute Gasteiger partial charge is 0.267 e. The van der Waals surface area contributed by atoms with Gasteiger partial charge in [-0.15, -0.1) is 11.3 Å². The molecular weight excluding hydrogens is 452 g/mol. The van der Waals surface area contributed by atoms with Gasteiger partial charge in [-0.3, -0.25) is 14.2 Å². The van der Waals surface area contributed by atoms with Crippen molar-refractivity contribution in [2.75, 3.05) is 0 Å². The molecule has 0 spiro atoms. The minimum absolute atomic E-state index is 0.0713. The van der Waals surface area contributed by atoms with Crippen molar-refractivity contribution >= 4 is 44.2 Å². The molecule has 5 rings (SSSR count). The van der Waals surface area contributed by atoms with E-state index in [1.165, 1.54) is 23.1 Å². The van der Waals surface area contributed by atoms with Crippen LogP contribution in [0, 0.1) is 27.7 Å². The molecule has 0 radical (unpaired) electrons. The number of hydrogen-bond acceptors (Lipinski definition) is 6. The highest BCUT2D eigenvalue weighted by molar-refractivity contribution is 7.98. The predicted octanol–water partition coefficient (Wildman–Crippen LogP) is 5.21. The van der Waals surface area contributed by atoms with Crippen LogP contribution in [-0.2, 0) is 5.75 Å². The highest BCUT2D eigenvalue weighted by atomic mass is 32.2. The molecule has 33 heavy (non-hydrogen) atoms. The van der Waals surface area contributed by atoms with Crippen molar-refractivity contribution in [1.82, 2.24) is 19.5 Å². The highest BCUT2D eigenvalue weighted by Gasteiger charge is 2.19. The number of nitrogens with zero attached hydrogens (tertiary/aromatic N) is 3. The number of para-hydroxylation sites is 1. The zero-order valence-electron chi connectivity index (χ0n) is 18.7. The van der Waals surface area contributed by atoms with Gasteiger partial charge < -0.3 is 4.98 Å². The van der Waals surface area contributed by atoms with Crippen molar-refractivity contribution in [3.63, 3.8) is 0 Å². The quantitative estimate of drug-likeness (QED) is 0.286. The molecule has 1 N–H and O–H groups in total. The lowest BCUT2D eigenvalue weighted by atomic mass is 10.1. The van der Waals surface area contributed by atoms with Gasteiger partial charge in [0.1, 0.15) is 10.7 Å². The van der Waals surface area contributed by atoms with E-state index < -0.39 is 0 Å². The number of thioether (sulfide) groups is 1. The standard InChI is InChI=1S/C25H22N4O2S2/c1-13-8-7-11-19(14(13)2)29-24(31)21-15(3)16(4)33-23(21)28-25(29)32-12-20-26-18-10-6-5-9-17(18)22(30)27-20/h5-11H,12H2,1-4H3,(H,26,27,30). The van der Waals surface area contributed by atoms with E-state index in [0.717, 1.165) is 32.1 Å². The number of aromatic amines is 1. The molecule has 0 unspecified atom stereocenters. The molecule has 5 aromatic rings. The summed E-state index contributed by atoms with van der Waals surface area (Å²) in [6, 6.07) is 13.2. The number of aromatic nitrogens is 4. The Bertz CT molecular complexity index is 1660. The van der Waals surface area contributed by atoms with E-state index in [-0.39, 0.29) is 11.1 Å². The first-order valence-corrected chi connectivity index (χ1v) is 12.4. The maximum Gasteiger partial charge on any atom is 0.267 e. The lowest BCUT2D eigenvalue weighted by molar-refractivity contribution is 0.814. The van der Waals surface area contributed by atoms with Crippen LogP contribution in [0.2, 0.25) is 0 Å². The van der Waals surface area contributed by atoms with E-state index in [2.05, 4.69) is 9.97 Å². The topological polar surface area (TPSA) is 80.6 Å². The van der Waals surface area contributed by atoms with Crippen LogP contribution in [0.5, 0.6) is 0 Å². The first-order valence-electron chi connectivity index (χ1n) is 10.5. The van der Waals surface area contributed by atoms with Crippen molar-refractivity contribution < 1.29 is 0 Å². The van der Waals surface area contributed by atoms with Gasteiger partial charge in [-0.25, -0.2) is 9.97 Å². The molecule has 3 heterocycles. The third-order valence-corrected chi connectivity index (χ3v) is 8.04. The molecule has 166 valence electrons. The van der Waals surface area contributed by atoms with Crippen LogP contribution >= 0.6 is 23.1 Å². The molecule has 6 nitrogen and oxygen atoms in total. The lowest BCUT2D eigenvalue weighted by Crippen LogP contribution is -2.22. The van der Waals surface area contributed by atoms with Crippen molar-refractivity contribution in [2.45, 2.75) is 38.6 Å². The second-order valence-corrected chi connectivity index (χ2v) is 10.2. The summed E-state index contributed by atoms with van der Waals surface area (Å²) in [5.74, 6) is 0.927. The number of hydrogen-bond donors (Lipinski definition) is 1. The number of thiophene rings is 1. The maximum atomic E-state index is 13.7. The van der Waals surface area contributed by atoms with Gasteiger partial charge in [-0.1, -0.05) is 36.0 Å². The zero-order valence-corrected chi connectivity index (χ0v) is 20.4. The summed E-state index contributed by atoms with van der Waals surface area (Å²) >= 11 is 2.93. The van der Waals surface area contributed by atoms with E-state index in [4.69, 9.17) is 4.98 Å². The van der Waals surface area contributed by atoms with Crippen molar-refractivity contribution in [1.29, 1.82) is 0 Å². The van der Waals surface area contributed by atoms with Crippen LogP contribution in [0.3, 0.4) is 0 Å². The van der Waals surface area contributed by atoms with Crippen LogP contribution in [0.15, 0.2) is 57.2 Å². The molecule has 0 atom stereocenters. The fourth-order valence-corrected chi connectivity index (χ4v) is 5.84. The van der Waals surface area contributed by atoms with Crippen molar-refractivity contribution in [3.05, 3.63) is 90.6 Å². The minimum atomic E-state index is -0.170. The molecular formula is C25H22N4O2S2. The van der Waals surface area contributed by atoms with Gasteiger partial charge in [0.2, 0.25) is 0 Å². The predicted molar refractivity (Wildman–Crippen MR) is 136 cm³/mol. The Morgan fingerprint density at radius 1 is 0.970 bits per heavy atom. The SMILES string of the molecule is Cc1cccc(-n2c(SCc3nc4ccccc4c(=O)[nH]3)nc3sc(C)c(C)c3c2=O)c1C. The van der Waals surface area contributed by atoms with Crippen LogP contribution in [0.4, 0.5) is 0 Å². The molecule has 8 heteroatoms. The molecule has 0 amide bonds. The van der Waals surface area contributed by atoms with Gasteiger partial charge in [0.25, 0.3) is 11.1 Å². The summed E-state index contributed by atoms with van der Waals surface area (Å²) in [7, 11) is 0. The average Bonchev–Trinajstić information content (AvgIpc) is 3.08. The molecule has 0 saturated heterocycles. The first kappa shape index (κ1) is 21.6. The van der Waals surface area contributed by atoms with E-state index >= 15 is 0 Å². The van der Waals surface area contributed by atoms with E-state index in [9.17, 15) is 9.59 Å².